The van der Waals surface area contributed by atoms with Gasteiger partial charge in [0.05, 0.1) is 0 Å². The summed E-state index contributed by atoms with van der Waals surface area (Å²) in [6.07, 6.45) is 18.5. The molecule has 4 aromatic carbocycles. The molecule has 5 unspecified atom stereocenters. The maximum atomic E-state index is 5.00. The Morgan fingerprint density at radius 3 is 1.94 bits per heavy atom. The quantitative estimate of drug-likeness (QED) is 0.183. The zero-order chi connectivity index (χ0) is 36.6. The van der Waals surface area contributed by atoms with Crippen LogP contribution in [0.1, 0.15) is 58.4 Å². The molecule has 10 rings (SSSR count). The highest BCUT2D eigenvalue weighted by Crippen LogP contribution is 2.66. The van der Waals surface area contributed by atoms with Gasteiger partial charge in [0.2, 0.25) is 0 Å². The lowest BCUT2D eigenvalue weighted by molar-refractivity contribution is 0.126. The summed E-state index contributed by atoms with van der Waals surface area (Å²) in [4.78, 5) is 14.9. The molecule has 0 spiro atoms. The monoisotopic (exact) mass is 701 g/mol. The molecule has 266 valence electrons. The molecule has 0 radical (unpaired) electrons. The van der Waals surface area contributed by atoms with Crippen LogP contribution in [0.2, 0.25) is 0 Å². The maximum Gasteiger partial charge on any atom is 0.164 e. The second-order valence-corrected chi connectivity index (χ2v) is 17.3. The van der Waals surface area contributed by atoms with Gasteiger partial charge < -0.3 is 0 Å². The maximum absolute atomic E-state index is 5.00. The number of fused-ring (bicyclic) bond motifs is 5. The van der Waals surface area contributed by atoms with E-state index in [1.165, 1.54) is 24.0 Å². The summed E-state index contributed by atoms with van der Waals surface area (Å²) in [6.45, 7) is 10.1. The van der Waals surface area contributed by atoms with Gasteiger partial charge in [0, 0.05) is 28.5 Å². The lowest BCUT2D eigenvalue weighted by atomic mass is 9.62. The van der Waals surface area contributed by atoms with Crippen molar-refractivity contribution >= 4 is 0 Å². The fourth-order valence-electron chi connectivity index (χ4n) is 10.8. The highest BCUT2D eigenvalue weighted by Gasteiger charge is 2.57. The standard InChI is InChI=1S/C51H47N3/c1-50(2)43-24-12-11-23-39(43)41-30-42-40-29-37(25-26-44(40)51(3,4)46(42)31-45(41)50)35-20-13-19-34(27-35)36-21-14-22-38(28-36)49-53-47(32-15-7-5-8-16-32)52-48(54-49)33-17-9-6-10-18-33/h5-23,25-28,30,37,41,43,45-46H,24,29,31H2,1-4H3. The average molecular weight is 702 g/mol. The molecule has 1 aromatic heterocycles. The zero-order valence-electron chi connectivity index (χ0n) is 31.7. The van der Waals surface area contributed by atoms with Crippen molar-refractivity contribution in [3.63, 3.8) is 0 Å². The third-order valence-corrected chi connectivity index (χ3v) is 13.7. The normalized spacial score (nSPS) is 25.7. The predicted octanol–water partition coefficient (Wildman–Crippen LogP) is 12.6. The number of allylic oxidation sites excluding steroid dienone is 10. The fourth-order valence-corrected chi connectivity index (χ4v) is 10.8. The smallest absolute Gasteiger partial charge is 0.164 e. The molecule has 5 aromatic rings. The van der Waals surface area contributed by atoms with Crippen molar-refractivity contribution in [2.75, 3.05) is 0 Å². The largest absolute Gasteiger partial charge is 0.208 e. The van der Waals surface area contributed by atoms with Crippen LogP contribution in [0.4, 0.5) is 0 Å². The van der Waals surface area contributed by atoms with Gasteiger partial charge in [-0.2, -0.15) is 0 Å². The van der Waals surface area contributed by atoms with Gasteiger partial charge in [0.15, 0.2) is 17.5 Å². The Hall–Kier alpha value is -5.41. The van der Waals surface area contributed by atoms with E-state index in [4.69, 9.17) is 15.0 Å². The average Bonchev–Trinajstić information content (AvgIpc) is 3.59. The molecule has 3 heteroatoms. The first-order valence-corrected chi connectivity index (χ1v) is 19.8. The first-order chi connectivity index (χ1) is 26.3. The minimum Gasteiger partial charge on any atom is -0.208 e. The lowest BCUT2D eigenvalue weighted by Crippen LogP contribution is -2.34. The minimum absolute atomic E-state index is 0.155. The molecule has 5 aliphatic carbocycles. The van der Waals surface area contributed by atoms with Gasteiger partial charge >= 0.3 is 0 Å². The Morgan fingerprint density at radius 2 is 1.24 bits per heavy atom. The van der Waals surface area contributed by atoms with Crippen molar-refractivity contribution in [2.45, 2.75) is 52.9 Å². The lowest BCUT2D eigenvalue weighted by Gasteiger charge is -2.41. The molecule has 1 fully saturated rings. The molecule has 1 heterocycles. The van der Waals surface area contributed by atoms with Gasteiger partial charge in [-0.25, -0.2) is 15.0 Å². The van der Waals surface area contributed by atoms with Crippen LogP contribution in [0.5, 0.6) is 0 Å². The Morgan fingerprint density at radius 1 is 0.630 bits per heavy atom. The van der Waals surface area contributed by atoms with E-state index in [-0.39, 0.29) is 5.41 Å². The summed E-state index contributed by atoms with van der Waals surface area (Å²) in [5.41, 5.74) is 13.7. The van der Waals surface area contributed by atoms with Crippen molar-refractivity contribution in [3.05, 3.63) is 174 Å². The number of benzene rings is 4. The summed E-state index contributed by atoms with van der Waals surface area (Å²) in [5, 5.41) is 0. The predicted molar refractivity (Wildman–Crippen MR) is 221 cm³/mol. The van der Waals surface area contributed by atoms with Crippen molar-refractivity contribution in [1.29, 1.82) is 0 Å². The van der Waals surface area contributed by atoms with E-state index in [1.54, 1.807) is 22.3 Å². The van der Waals surface area contributed by atoms with Crippen LogP contribution in [0, 0.1) is 34.5 Å². The molecule has 1 saturated carbocycles. The summed E-state index contributed by atoms with van der Waals surface area (Å²) in [7, 11) is 0. The van der Waals surface area contributed by atoms with Crippen molar-refractivity contribution in [2.24, 2.45) is 34.5 Å². The Kier molecular flexibility index (Phi) is 7.73. The van der Waals surface area contributed by atoms with E-state index in [0.717, 1.165) is 28.7 Å². The topological polar surface area (TPSA) is 38.7 Å². The molecular weight excluding hydrogens is 655 g/mol. The zero-order valence-corrected chi connectivity index (χ0v) is 31.7. The molecule has 54 heavy (non-hydrogen) atoms. The van der Waals surface area contributed by atoms with Crippen LogP contribution < -0.4 is 0 Å². The molecular formula is C51H47N3. The SMILES string of the molecule is CC1(C)C2=C(CC(c3cccc(-c4cccc(-c5nc(-c6ccccc6)nc(-c6ccccc6)n5)c4)c3)C=C2)C2=CC3C4=CC=CCC4C(C)(C)C3CC21. The third-order valence-electron chi connectivity index (χ3n) is 13.7. The fraction of sp³-hybridized carbons (Fsp3) is 0.275. The van der Waals surface area contributed by atoms with Gasteiger partial charge in [0.1, 0.15) is 0 Å². The summed E-state index contributed by atoms with van der Waals surface area (Å²) < 4.78 is 0. The molecule has 5 atom stereocenters. The van der Waals surface area contributed by atoms with Gasteiger partial charge in [-0.1, -0.05) is 173 Å². The van der Waals surface area contributed by atoms with Crippen LogP contribution in [0.15, 0.2) is 168 Å². The molecule has 0 bridgehead atoms. The minimum atomic E-state index is 0.155. The Balaban J connectivity index is 0.970. The van der Waals surface area contributed by atoms with E-state index in [0.29, 0.717) is 52.5 Å². The highest BCUT2D eigenvalue weighted by atomic mass is 15.0. The van der Waals surface area contributed by atoms with Crippen molar-refractivity contribution < 1.29 is 0 Å². The van der Waals surface area contributed by atoms with Crippen molar-refractivity contribution in [1.82, 2.24) is 15.0 Å². The van der Waals surface area contributed by atoms with Crippen LogP contribution in [0.25, 0.3) is 45.3 Å². The van der Waals surface area contributed by atoms with E-state index < -0.39 is 0 Å². The number of rotatable bonds is 5. The molecule has 0 aliphatic heterocycles. The van der Waals surface area contributed by atoms with Crippen LogP contribution in [0.3, 0.4) is 0 Å². The first-order valence-electron chi connectivity index (χ1n) is 19.8. The number of aromatic nitrogens is 3. The number of hydrogen-bond donors (Lipinski definition) is 0. The highest BCUT2D eigenvalue weighted by molar-refractivity contribution is 5.73. The van der Waals surface area contributed by atoms with E-state index in [9.17, 15) is 0 Å². The molecule has 3 nitrogen and oxygen atoms in total. The Bertz CT molecular complexity index is 2380. The first kappa shape index (κ1) is 33.2. The molecule has 0 saturated heterocycles. The number of hydrogen-bond acceptors (Lipinski definition) is 3. The van der Waals surface area contributed by atoms with E-state index in [2.05, 4.69) is 137 Å². The van der Waals surface area contributed by atoms with Crippen molar-refractivity contribution in [3.8, 4) is 45.3 Å². The summed E-state index contributed by atoms with van der Waals surface area (Å²) in [6, 6.07) is 38.2. The summed E-state index contributed by atoms with van der Waals surface area (Å²) in [5.74, 6) is 4.91. The summed E-state index contributed by atoms with van der Waals surface area (Å²) >= 11 is 0. The second-order valence-electron chi connectivity index (χ2n) is 17.3. The van der Waals surface area contributed by atoms with Gasteiger partial charge in [0.25, 0.3) is 0 Å². The second kappa shape index (κ2) is 12.6. The molecule has 5 aliphatic rings. The molecule has 0 N–H and O–H groups in total. The molecule has 0 amide bonds. The van der Waals surface area contributed by atoms with Crippen LogP contribution in [-0.2, 0) is 0 Å². The van der Waals surface area contributed by atoms with Gasteiger partial charge in [-0.05, 0) is 87.3 Å². The Labute approximate surface area is 320 Å². The van der Waals surface area contributed by atoms with Crippen LogP contribution >= 0.6 is 0 Å². The van der Waals surface area contributed by atoms with Gasteiger partial charge in [-0.3, -0.25) is 0 Å². The van der Waals surface area contributed by atoms with E-state index >= 15 is 0 Å². The van der Waals surface area contributed by atoms with E-state index in [1.807, 2.05) is 36.4 Å². The van der Waals surface area contributed by atoms with Crippen LogP contribution in [-0.4, -0.2) is 15.0 Å². The van der Waals surface area contributed by atoms with Gasteiger partial charge in [-0.15, -0.1) is 0 Å². The number of nitrogens with zero attached hydrogens (tertiary/aromatic N) is 3. The third kappa shape index (κ3) is 5.35.